The molecule has 0 spiro atoms. The van der Waals surface area contributed by atoms with Crippen LogP contribution < -0.4 is 10.1 Å². The van der Waals surface area contributed by atoms with E-state index in [0.717, 1.165) is 12.2 Å². The maximum absolute atomic E-state index is 5.90. The molecule has 108 valence electrons. The average molecular weight is 263 g/mol. The lowest BCUT2D eigenvalue weighted by Crippen LogP contribution is -2.43. The fourth-order valence-electron chi connectivity index (χ4n) is 2.23. The molecule has 19 heavy (non-hydrogen) atoms. The van der Waals surface area contributed by atoms with Crippen LogP contribution in [0.15, 0.2) is 24.3 Å². The second-order valence-corrected chi connectivity index (χ2v) is 7.36. The molecule has 0 saturated heterocycles. The van der Waals surface area contributed by atoms with Gasteiger partial charge in [0.2, 0.25) is 0 Å². The van der Waals surface area contributed by atoms with Crippen molar-refractivity contribution in [3.8, 4) is 5.75 Å². The van der Waals surface area contributed by atoms with Crippen LogP contribution in [-0.4, -0.2) is 17.2 Å². The third kappa shape index (κ3) is 7.22. The van der Waals surface area contributed by atoms with Crippen LogP contribution in [0.3, 0.4) is 0 Å². The quantitative estimate of drug-likeness (QED) is 0.879. The van der Waals surface area contributed by atoms with Gasteiger partial charge < -0.3 is 10.1 Å². The molecule has 0 radical (unpaired) electrons. The van der Waals surface area contributed by atoms with Gasteiger partial charge in [-0.25, -0.2) is 0 Å². The molecule has 1 rings (SSSR count). The molecule has 0 aliphatic carbocycles. The molecule has 0 aliphatic heterocycles. The number of hydrogen-bond donors (Lipinski definition) is 1. The Hall–Kier alpha value is -1.02. The Bertz CT molecular complexity index is 398. The Morgan fingerprint density at radius 3 is 2.26 bits per heavy atom. The maximum atomic E-state index is 5.90. The molecule has 0 aromatic heterocycles. The van der Waals surface area contributed by atoms with Gasteiger partial charge in [-0.15, -0.1) is 0 Å². The maximum Gasteiger partial charge on any atom is 0.120 e. The molecule has 0 fully saturated rings. The summed E-state index contributed by atoms with van der Waals surface area (Å²) >= 11 is 0. The highest BCUT2D eigenvalue weighted by molar-refractivity contribution is 5.29. The normalized spacial score (nSPS) is 14.3. The van der Waals surface area contributed by atoms with Gasteiger partial charge in [0.25, 0.3) is 0 Å². The molecule has 2 heteroatoms. The topological polar surface area (TPSA) is 21.3 Å². The van der Waals surface area contributed by atoms with E-state index in [9.17, 15) is 0 Å². The Kier molecular flexibility index (Phi) is 5.03. The zero-order valence-electron chi connectivity index (χ0n) is 13.5. The molecule has 0 bridgehead atoms. The van der Waals surface area contributed by atoms with Gasteiger partial charge in [0.1, 0.15) is 11.4 Å². The summed E-state index contributed by atoms with van der Waals surface area (Å²) in [5.74, 6) is 0.952. The molecule has 1 aromatic rings. The Labute approximate surface area is 118 Å². The van der Waals surface area contributed by atoms with Gasteiger partial charge in [0.15, 0.2) is 0 Å². The van der Waals surface area contributed by atoms with Crippen LogP contribution in [0.25, 0.3) is 0 Å². The second-order valence-electron chi connectivity index (χ2n) is 7.36. The molecule has 0 saturated carbocycles. The first-order valence-corrected chi connectivity index (χ1v) is 7.11. The van der Waals surface area contributed by atoms with Crippen LogP contribution in [0, 0.1) is 0 Å². The van der Waals surface area contributed by atoms with Crippen molar-refractivity contribution in [3.63, 3.8) is 0 Å². The first-order valence-electron chi connectivity index (χ1n) is 7.11. The van der Waals surface area contributed by atoms with E-state index in [1.54, 1.807) is 0 Å². The molecule has 1 N–H and O–H groups in total. The van der Waals surface area contributed by atoms with Crippen LogP contribution in [0.1, 0.15) is 54.0 Å². The van der Waals surface area contributed by atoms with E-state index in [1.165, 1.54) is 5.56 Å². The minimum Gasteiger partial charge on any atom is -0.488 e. The van der Waals surface area contributed by atoms with E-state index in [0.29, 0.717) is 6.04 Å². The Morgan fingerprint density at radius 2 is 1.74 bits per heavy atom. The van der Waals surface area contributed by atoms with Crippen molar-refractivity contribution in [3.05, 3.63) is 29.8 Å². The lowest BCUT2D eigenvalue weighted by Gasteiger charge is -2.26. The van der Waals surface area contributed by atoms with Crippen molar-refractivity contribution in [2.75, 3.05) is 0 Å². The smallest absolute Gasteiger partial charge is 0.120 e. The van der Waals surface area contributed by atoms with Crippen molar-refractivity contribution < 1.29 is 4.74 Å². The molecule has 1 aromatic carbocycles. The Morgan fingerprint density at radius 1 is 1.11 bits per heavy atom. The average Bonchev–Trinajstić information content (AvgIpc) is 2.11. The predicted molar refractivity (Wildman–Crippen MR) is 82.9 cm³/mol. The minimum absolute atomic E-state index is 0.145. The summed E-state index contributed by atoms with van der Waals surface area (Å²) in [5.41, 5.74) is 1.32. The van der Waals surface area contributed by atoms with Gasteiger partial charge in [0.05, 0.1) is 0 Å². The molecule has 1 atom stereocenters. The fourth-order valence-corrected chi connectivity index (χ4v) is 2.23. The monoisotopic (exact) mass is 263 g/mol. The minimum atomic E-state index is -0.145. The van der Waals surface area contributed by atoms with Crippen molar-refractivity contribution in [2.24, 2.45) is 0 Å². The van der Waals surface area contributed by atoms with Gasteiger partial charge in [-0.1, -0.05) is 12.1 Å². The number of hydrogen-bond acceptors (Lipinski definition) is 2. The van der Waals surface area contributed by atoms with Gasteiger partial charge in [-0.3, -0.25) is 0 Å². The first-order chi connectivity index (χ1) is 8.55. The van der Waals surface area contributed by atoms with E-state index < -0.39 is 0 Å². The number of benzene rings is 1. The van der Waals surface area contributed by atoms with Crippen LogP contribution >= 0.6 is 0 Å². The molecule has 0 heterocycles. The molecule has 2 nitrogen and oxygen atoms in total. The summed E-state index contributed by atoms with van der Waals surface area (Å²) < 4.78 is 5.90. The standard InChI is InChI=1S/C17H29NO/c1-13(18-16(2,3)4)11-14-9-8-10-15(12-14)19-17(5,6)7/h8-10,12-13,18H,11H2,1-7H3. The highest BCUT2D eigenvalue weighted by Crippen LogP contribution is 2.20. The van der Waals surface area contributed by atoms with Crippen molar-refractivity contribution in [1.29, 1.82) is 0 Å². The van der Waals surface area contributed by atoms with E-state index in [4.69, 9.17) is 4.74 Å². The third-order valence-electron chi connectivity index (χ3n) is 2.54. The number of nitrogens with one attached hydrogen (secondary N) is 1. The highest BCUT2D eigenvalue weighted by Gasteiger charge is 2.15. The summed E-state index contributed by atoms with van der Waals surface area (Å²) in [6.45, 7) is 15.0. The van der Waals surface area contributed by atoms with Gasteiger partial charge in [-0.2, -0.15) is 0 Å². The van der Waals surface area contributed by atoms with Gasteiger partial charge in [-0.05, 0) is 72.6 Å². The summed E-state index contributed by atoms with van der Waals surface area (Å²) in [6.07, 6.45) is 1.01. The van der Waals surface area contributed by atoms with Crippen molar-refractivity contribution in [2.45, 2.75) is 72.1 Å². The number of rotatable bonds is 4. The fraction of sp³-hybridized carbons (Fsp3) is 0.647. The summed E-state index contributed by atoms with van der Waals surface area (Å²) in [7, 11) is 0. The summed E-state index contributed by atoms with van der Waals surface area (Å²) in [6, 6.07) is 8.85. The summed E-state index contributed by atoms with van der Waals surface area (Å²) in [4.78, 5) is 0. The predicted octanol–water partition coefficient (Wildman–Crippen LogP) is 4.18. The number of ether oxygens (including phenoxy) is 1. The Balaban J connectivity index is 2.67. The molecular weight excluding hydrogens is 234 g/mol. The van der Waals surface area contributed by atoms with Crippen LogP contribution in [0.5, 0.6) is 5.75 Å². The van der Waals surface area contributed by atoms with E-state index >= 15 is 0 Å². The first kappa shape index (κ1) is 16.0. The van der Waals surface area contributed by atoms with Crippen molar-refractivity contribution in [1.82, 2.24) is 5.32 Å². The van der Waals surface area contributed by atoms with E-state index in [2.05, 4.69) is 72.0 Å². The highest BCUT2D eigenvalue weighted by atomic mass is 16.5. The molecule has 0 amide bonds. The molecule has 0 aliphatic rings. The largest absolute Gasteiger partial charge is 0.488 e. The van der Waals surface area contributed by atoms with Gasteiger partial charge in [0, 0.05) is 11.6 Å². The van der Waals surface area contributed by atoms with Crippen LogP contribution in [-0.2, 0) is 6.42 Å². The lowest BCUT2D eigenvalue weighted by molar-refractivity contribution is 0.131. The SMILES string of the molecule is CC(Cc1cccc(OC(C)(C)C)c1)NC(C)(C)C. The zero-order valence-corrected chi connectivity index (χ0v) is 13.5. The van der Waals surface area contributed by atoms with Crippen LogP contribution in [0.4, 0.5) is 0 Å². The molecular formula is C17H29NO. The third-order valence-corrected chi connectivity index (χ3v) is 2.54. The van der Waals surface area contributed by atoms with E-state index in [-0.39, 0.29) is 11.1 Å². The van der Waals surface area contributed by atoms with E-state index in [1.807, 2.05) is 6.07 Å². The van der Waals surface area contributed by atoms with Crippen molar-refractivity contribution >= 4 is 0 Å². The van der Waals surface area contributed by atoms with Crippen LogP contribution in [0.2, 0.25) is 0 Å². The second kappa shape index (κ2) is 5.96. The zero-order chi connectivity index (χ0) is 14.7. The molecule has 1 unspecified atom stereocenters. The summed E-state index contributed by atoms with van der Waals surface area (Å²) in [5, 5.41) is 3.59. The van der Waals surface area contributed by atoms with Gasteiger partial charge >= 0.3 is 0 Å². The lowest BCUT2D eigenvalue weighted by atomic mass is 10.0.